The van der Waals surface area contributed by atoms with Crippen LogP contribution in [0.5, 0.6) is 0 Å². The van der Waals surface area contributed by atoms with E-state index in [0.717, 1.165) is 23.7 Å². The van der Waals surface area contributed by atoms with Gasteiger partial charge in [-0.2, -0.15) is 5.26 Å². The first kappa shape index (κ1) is 14.0. The minimum Gasteiger partial charge on any atom is -0.185 e. The van der Waals surface area contributed by atoms with Gasteiger partial charge in [0.2, 0.25) is 0 Å². The van der Waals surface area contributed by atoms with Crippen LogP contribution >= 0.6 is 11.8 Å². The molecule has 0 amide bonds. The van der Waals surface area contributed by atoms with Gasteiger partial charge in [-0.25, -0.2) is 0 Å². The van der Waals surface area contributed by atoms with E-state index in [2.05, 4.69) is 39.2 Å². The molecular weight excluding hydrogens is 238 g/mol. The van der Waals surface area contributed by atoms with Crippen LogP contribution in [0.1, 0.15) is 53.4 Å². The third-order valence-corrected chi connectivity index (χ3v) is 6.12. The van der Waals surface area contributed by atoms with Crippen molar-refractivity contribution in [2.75, 3.05) is 0 Å². The maximum atomic E-state index is 9.01. The summed E-state index contributed by atoms with van der Waals surface area (Å²) in [5.74, 6) is 3.17. The fraction of sp³-hybridized carbons (Fsp3) is 0.812. The van der Waals surface area contributed by atoms with Crippen molar-refractivity contribution in [2.24, 2.45) is 23.7 Å². The van der Waals surface area contributed by atoms with Crippen molar-refractivity contribution in [3.8, 4) is 5.40 Å². The Bertz CT molecular complexity index is 379. The van der Waals surface area contributed by atoms with E-state index in [-0.39, 0.29) is 4.75 Å². The smallest absolute Gasteiger partial charge is 0.133 e. The minimum absolute atomic E-state index is 0.195. The maximum absolute atomic E-state index is 9.01. The SMILES string of the molecule is CC1=CC[C@@H](C(C)C)[C@H]2C[C@](C)(SC#N)CC[C@@H]12. The number of allylic oxidation sites excluding steroid dienone is 2. The zero-order valence-corrected chi connectivity index (χ0v) is 12.9. The molecule has 2 rings (SSSR count). The Balaban J connectivity index is 2.21. The molecule has 1 fully saturated rings. The summed E-state index contributed by atoms with van der Waals surface area (Å²) in [4.78, 5) is 0. The number of thioether (sulfide) groups is 1. The fourth-order valence-corrected chi connectivity index (χ4v) is 4.77. The average molecular weight is 263 g/mol. The lowest BCUT2D eigenvalue weighted by molar-refractivity contribution is 0.119. The molecule has 0 aromatic heterocycles. The second-order valence-corrected chi connectivity index (χ2v) is 8.12. The molecule has 0 radical (unpaired) electrons. The Morgan fingerprint density at radius 1 is 1.50 bits per heavy atom. The van der Waals surface area contributed by atoms with Gasteiger partial charge in [0.15, 0.2) is 0 Å². The van der Waals surface area contributed by atoms with Crippen LogP contribution in [0.3, 0.4) is 0 Å². The van der Waals surface area contributed by atoms with Crippen molar-refractivity contribution in [3.63, 3.8) is 0 Å². The molecule has 1 nitrogen and oxygen atoms in total. The highest BCUT2D eigenvalue weighted by Gasteiger charge is 2.44. The topological polar surface area (TPSA) is 23.8 Å². The molecule has 4 atom stereocenters. The summed E-state index contributed by atoms with van der Waals surface area (Å²) in [7, 11) is 0. The van der Waals surface area contributed by atoms with Crippen LogP contribution in [0, 0.1) is 34.3 Å². The Morgan fingerprint density at radius 3 is 2.83 bits per heavy atom. The summed E-state index contributed by atoms with van der Waals surface area (Å²) in [6.45, 7) is 9.33. The molecule has 2 heteroatoms. The first-order valence-corrected chi connectivity index (χ1v) is 8.02. The molecule has 0 N–H and O–H groups in total. The number of nitrogens with zero attached hydrogens (tertiary/aromatic N) is 1. The van der Waals surface area contributed by atoms with Gasteiger partial charge in [-0.05, 0) is 75.0 Å². The molecule has 18 heavy (non-hydrogen) atoms. The van der Waals surface area contributed by atoms with Crippen LogP contribution in [0.4, 0.5) is 0 Å². The molecule has 0 saturated heterocycles. The van der Waals surface area contributed by atoms with Crippen molar-refractivity contribution in [1.29, 1.82) is 5.26 Å². The number of thiocyanates is 1. The molecule has 2 aliphatic carbocycles. The Kier molecular flexibility index (Phi) is 4.11. The van der Waals surface area contributed by atoms with Crippen molar-refractivity contribution >= 4 is 11.8 Å². The van der Waals surface area contributed by atoms with Crippen molar-refractivity contribution in [1.82, 2.24) is 0 Å². The summed E-state index contributed by atoms with van der Waals surface area (Å²) in [5, 5.41) is 11.3. The predicted octanol–water partition coefficient (Wildman–Crippen LogP) is 5.00. The van der Waals surface area contributed by atoms with Gasteiger partial charge in [-0.1, -0.05) is 25.5 Å². The monoisotopic (exact) mass is 263 g/mol. The largest absolute Gasteiger partial charge is 0.185 e. The fourth-order valence-electron chi connectivity index (χ4n) is 4.05. The minimum atomic E-state index is 0.195. The van der Waals surface area contributed by atoms with Crippen molar-refractivity contribution in [3.05, 3.63) is 11.6 Å². The summed E-state index contributed by atoms with van der Waals surface area (Å²) in [6, 6.07) is 0. The number of rotatable bonds is 2. The molecule has 0 heterocycles. The van der Waals surface area contributed by atoms with E-state index in [9.17, 15) is 0 Å². The number of hydrogen-bond acceptors (Lipinski definition) is 2. The quantitative estimate of drug-likeness (QED) is 0.517. The zero-order chi connectivity index (χ0) is 13.3. The molecule has 2 aliphatic rings. The van der Waals surface area contributed by atoms with Crippen molar-refractivity contribution < 1.29 is 0 Å². The highest BCUT2D eigenvalue weighted by molar-refractivity contribution is 8.05. The number of hydrogen-bond donors (Lipinski definition) is 0. The second kappa shape index (κ2) is 5.29. The predicted molar refractivity (Wildman–Crippen MR) is 79.1 cm³/mol. The number of fused-ring (bicyclic) bond motifs is 1. The van der Waals surface area contributed by atoms with Gasteiger partial charge in [0.1, 0.15) is 5.40 Å². The molecule has 100 valence electrons. The Morgan fingerprint density at radius 2 is 2.22 bits per heavy atom. The van der Waals surface area contributed by atoms with Crippen molar-refractivity contribution in [2.45, 2.75) is 58.1 Å². The van der Waals surface area contributed by atoms with Gasteiger partial charge >= 0.3 is 0 Å². The van der Waals surface area contributed by atoms with Crippen LogP contribution in [0.15, 0.2) is 11.6 Å². The molecule has 0 aromatic rings. The molecule has 0 aliphatic heterocycles. The van der Waals surface area contributed by atoms with Gasteiger partial charge < -0.3 is 0 Å². The van der Waals surface area contributed by atoms with E-state index in [1.807, 2.05) is 0 Å². The van der Waals surface area contributed by atoms with Gasteiger partial charge in [-0.3, -0.25) is 0 Å². The molecule has 0 aromatic carbocycles. The standard InChI is InChI=1S/C16H25NS/c1-11(2)13-6-5-12(3)14-7-8-16(4,18-10-17)9-15(13)14/h5,11,13-15H,6-9H2,1-4H3/t13-,14-,15+,16+/m0/s1. The van der Waals surface area contributed by atoms with Gasteiger partial charge in [0.05, 0.1) is 0 Å². The summed E-state index contributed by atoms with van der Waals surface area (Å²) >= 11 is 1.51. The zero-order valence-electron chi connectivity index (χ0n) is 12.1. The lowest BCUT2D eigenvalue weighted by Gasteiger charge is -2.48. The van der Waals surface area contributed by atoms with E-state index in [1.54, 1.807) is 5.57 Å². The van der Waals surface area contributed by atoms with E-state index >= 15 is 0 Å². The van der Waals surface area contributed by atoms with Gasteiger partial charge in [0, 0.05) is 4.75 Å². The first-order chi connectivity index (χ1) is 8.47. The molecule has 0 unspecified atom stereocenters. The Labute approximate surface area is 116 Å². The lowest BCUT2D eigenvalue weighted by atomic mass is 9.60. The van der Waals surface area contributed by atoms with E-state index in [4.69, 9.17) is 5.26 Å². The maximum Gasteiger partial charge on any atom is 0.133 e. The highest BCUT2D eigenvalue weighted by Crippen LogP contribution is 2.52. The van der Waals surface area contributed by atoms with Crippen LogP contribution < -0.4 is 0 Å². The first-order valence-electron chi connectivity index (χ1n) is 7.20. The Hall–Kier alpha value is -0.420. The summed E-state index contributed by atoms with van der Waals surface area (Å²) < 4.78 is 0.195. The van der Waals surface area contributed by atoms with Crippen LogP contribution in [-0.2, 0) is 0 Å². The molecular formula is C16H25NS. The number of nitriles is 1. The highest BCUT2D eigenvalue weighted by atomic mass is 32.2. The lowest BCUT2D eigenvalue weighted by Crippen LogP contribution is -2.41. The normalized spacial score (nSPS) is 40.0. The van der Waals surface area contributed by atoms with Gasteiger partial charge in [0.25, 0.3) is 0 Å². The third-order valence-electron chi connectivity index (χ3n) is 5.16. The van der Waals surface area contributed by atoms with Crippen LogP contribution in [0.2, 0.25) is 0 Å². The van der Waals surface area contributed by atoms with E-state index < -0.39 is 0 Å². The van der Waals surface area contributed by atoms with Gasteiger partial charge in [-0.15, -0.1) is 0 Å². The van der Waals surface area contributed by atoms with Crippen LogP contribution in [-0.4, -0.2) is 4.75 Å². The molecule has 0 bridgehead atoms. The third kappa shape index (κ3) is 2.62. The van der Waals surface area contributed by atoms with Crippen LogP contribution in [0.25, 0.3) is 0 Å². The van der Waals surface area contributed by atoms with E-state index in [1.165, 1.54) is 37.4 Å². The summed E-state index contributed by atoms with van der Waals surface area (Å²) in [5.41, 5.74) is 1.61. The average Bonchev–Trinajstić information content (AvgIpc) is 2.28. The van der Waals surface area contributed by atoms with E-state index in [0.29, 0.717) is 0 Å². The summed E-state index contributed by atoms with van der Waals surface area (Å²) in [6.07, 6.45) is 7.43. The second-order valence-electron chi connectivity index (χ2n) is 6.75. The molecule has 0 spiro atoms. The molecule has 1 saturated carbocycles.